The van der Waals surface area contributed by atoms with Crippen LogP contribution in [-0.4, -0.2) is 27.4 Å². The highest BCUT2D eigenvalue weighted by molar-refractivity contribution is 7.13. The van der Waals surface area contributed by atoms with Crippen molar-refractivity contribution in [2.24, 2.45) is 0 Å². The van der Waals surface area contributed by atoms with E-state index in [1.807, 2.05) is 42.6 Å². The molecule has 2 aromatic carbocycles. The number of hydrogen-bond donors (Lipinski definition) is 2. The average molecular weight is 508 g/mol. The molecule has 0 bridgehead atoms. The molecule has 0 atom stereocenters. The first-order valence-electron chi connectivity index (χ1n) is 11.7. The summed E-state index contributed by atoms with van der Waals surface area (Å²) in [5.41, 5.74) is 4.45. The van der Waals surface area contributed by atoms with Crippen molar-refractivity contribution in [3.63, 3.8) is 0 Å². The van der Waals surface area contributed by atoms with Crippen LogP contribution in [0.4, 0.5) is 20.1 Å². The van der Waals surface area contributed by atoms with Gasteiger partial charge in [0.15, 0.2) is 5.13 Å². The standard InChI is InChI=1S/C27H30FN5O2S/c1-18-5-11-22(12-6-18)33-24(15-23(32-33)27(2,3)4)30-25(34)31-26-29-21(17-36-26)13-14-35-16-19-7-9-20(28)10-8-19/h5-12,15,17H,13-14,16H2,1-4H3,(H2,29,30,31,34). The number of carbonyl (C=O) groups excluding carboxylic acids is 1. The molecule has 2 amide bonds. The number of anilines is 2. The minimum atomic E-state index is -0.391. The van der Waals surface area contributed by atoms with Crippen LogP contribution < -0.4 is 10.6 Å². The third-order valence-electron chi connectivity index (χ3n) is 5.45. The highest BCUT2D eigenvalue weighted by Gasteiger charge is 2.21. The van der Waals surface area contributed by atoms with E-state index in [-0.39, 0.29) is 11.2 Å². The molecule has 36 heavy (non-hydrogen) atoms. The minimum absolute atomic E-state index is 0.175. The van der Waals surface area contributed by atoms with Gasteiger partial charge in [0.05, 0.1) is 30.3 Å². The molecule has 7 nitrogen and oxygen atoms in total. The molecule has 0 radical (unpaired) electrons. The molecular formula is C27H30FN5O2S. The largest absolute Gasteiger partial charge is 0.376 e. The first kappa shape index (κ1) is 25.5. The molecule has 4 aromatic rings. The number of hydrogen-bond acceptors (Lipinski definition) is 5. The smallest absolute Gasteiger partial charge is 0.326 e. The maximum atomic E-state index is 13.0. The highest BCUT2D eigenvalue weighted by Crippen LogP contribution is 2.27. The Hall–Kier alpha value is -3.56. The number of nitrogens with zero attached hydrogens (tertiary/aromatic N) is 3. The number of amides is 2. The van der Waals surface area contributed by atoms with E-state index in [1.54, 1.807) is 16.8 Å². The normalized spacial score (nSPS) is 11.5. The zero-order chi connectivity index (χ0) is 25.7. The topological polar surface area (TPSA) is 81.1 Å². The van der Waals surface area contributed by atoms with Crippen LogP contribution in [0.15, 0.2) is 60.0 Å². The van der Waals surface area contributed by atoms with E-state index in [4.69, 9.17) is 9.84 Å². The van der Waals surface area contributed by atoms with Gasteiger partial charge in [-0.3, -0.25) is 10.6 Å². The fraction of sp³-hybridized carbons (Fsp3) is 0.296. The molecule has 0 saturated carbocycles. The van der Waals surface area contributed by atoms with Gasteiger partial charge < -0.3 is 4.74 Å². The van der Waals surface area contributed by atoms with E-state index in [0.717, 1.165) is 28.2 Å². The van der Waals surface area contributed by atoms with Crippen molar-refractivity contribution >= 4 is 28.3 Å². The van der Waals surface area contributed by atoms with Gasteiger partial charge in [-0.1, -0.05) is 50.6 Å². The lowest BCUT2D eigenvalue weighted by Crippen LogP contribution is -2.21. The molecule has 4 rings (SSSR count). The number of benzene rings is 2. The molecule has 0 aliphatic rings. The second-order valence-electron chi connectivity index (χ2n) is 9.56. The van der Waals surface area contributed by atoms with Gasteiger partial charge in [-0.15, -0.1) is 11.3 Å². The second kappa shape index (κ2) is 11.0. The Morgan fingerprint density at radius 1 is 1.08 bits per heavy atom. The molecule has 2 aromatic heterocycles. The molecule has 2 heterocycles. The average Bonchev–Trinajstić information content (AvgIpc) is 3.45. The maximum Gasteiger partial charge on any atom is 0.326 e. The lowest BCUT2D eigenvalue weighted by atomic mass is 9.92. The minimum Gasteiger partial charge on any atom is -0.376 e. The number of aromatic nitrogens is 3. The molecule has 0 fully saturated rings. The number of nitrogens with one attached hydrogen (secondary N) is 2. The summed E-state index contributed by atoms with van der Waals surface area (Å²) in [7, 11) is 0. The van der Waals surface area contributed by atoms with Crippen molar-refractivity contribution in [1.82, 2.24) is 14.8 Å². The van der Waals surface area contributed by atoms with Gasteiger partial charge in [-0.2, -0.15) is 5.10 Å². The van der Waals surface area contributed by atoms with Crippen molar-refractivity contribution < 1.29 is 13.9 Å². The maximum absolute atomic E-state index is 13.0. The molecule has 0 aliphatic heterocycles. The van der Waals surface area contributed by atoms with E-state index in [2.05, 4.69) is 36.4 Å². The van der Waals surface area contributed by atoms with Crippen molar-refractivity contribution in [3.05, 3.63) is 88.3 Å². The predicted octanol–water partition coefficient (Wildman–Crippen LogP) is 6.48. The molecule has 2 N–H and O–H groups in total. The van der Waals surface area contributed by atoms with Crippen LogP contribution in [0.1, 0.15) is 43.3 Å². The van der Waals surface area contributed by atoms with Gasteiger partial charge in [-0.05, 0) is 36.8 Å². The van der Waals surface area contributed by atoms with Crippen molar-refractivity contribution in [2.75, 3.05) is 17.2 Å². The Labute approximate surface area is 214 Å². The van der Waals surface area contributed by atoms with Crippen LogP contribution in [0.2, 0.25) is 0 Å². The first-order valence-corrected chi connectivity index (χ1v) is 12.6. The van der Waals surface area contributed by atoms with Gasteiger partial charge >= 0.3 is 6.03 Å². The van der Waals surface area contributed by atoms with E-state index >= 15 is 0 Å². The third kappa shape index (κ3) is 6.77. The lowest BCUT2D eigenvalue weighted by molar-refractivity contribution is 0.123. The summed E-state index contributed by atoms with van der Waals surface area (Å²) in [6.45, 7) is 9.15. The van der Waals surface area contributed by atoms with E-state index in [9.17, 15) is 9.18 Å². The van der Waals surface area contributed by atoms with Gasteiger partial charge in [0.25, 0.3) is 0 Å². The summed E-state index contributed by atoms with van der Waals surface area (Å²) in [5, 5.41) is 12.9. The zero-order valence-corrected chi connectivity index (χ0v) is 21.7. The number of halogens is 1. The number of rotatable bonds is 8. The molecule has 9 heteroatoms. The number of aryl methyl sites for hydroxylation is 1. The number of thiazole rings is 1. The fourth-order valence-corrected chi connectivity index (χ4v) is 4.13. The van der Waals surface area contributed by atoms with Gasteiger partial charge in [-0.25, -0.2) is 18.9 Å². The second-order valence-corrected chi connectivity index (χ2v) is 10.4. The number of ether oxygens (including phenoxy) is 1. The zero-order valence-electron chi connectivity index (χ0n) is 20.8. The Kier molecular flexibility index (Phi) is 7.81. The van der Waals surface area contributed by atoms with E-state index in [1.165, 1.54) is 23.5 Å². The van der Waals surface area contributed by atoms with Crippen LogP contribution in [0, 0.1) is 12.7 Å². The lowest BCUT2D eigenvalue weighted by Gasteiger charge is -2.14. The summed E-state index contributed by atoms with van der Waals surface area (Å²) < 4.78 is 20.4. The van der Waals surface area contributed by atoms with Crippen molar-refractivity contribution in [2.45, 2.75) is 46.1 Å². The molecule has 0 spiro atoms. The molecule has 0 unspecified atom stereocenters. The quantitative estimate of drug-likeness (QED) is 0.268. The van der Waals surface area contributed by atoms with Crippen LogP contribution >= 0.6 is 11.3 Å². The van der Waals surface area contributed by atoms with Crippen LogP contribution in [0.25, 0.3) is 5.69 Å². The Morgan fingerprint density at radius 2 is 1.81 bits per heavy atom. The predicted molar refractivity (Wildman–Crippen MR) is 142 cm³/mol. The first-order chi connectivity index (χ1) is 17.2. The molecule has 188 valence electrons. The summed E-state index contributed by atoms with van der Waals surface area (Å²) in [6.07, 6.45) is 0.607. The Balaban J connectivity index is 1.35. The third-order valence-corrected chi connectivity index (χ3v) is 6.26. The number of urea groups is 1. The highest BCUT2D eigenvalue weighted by atomic mass is 32.1. The molecule has 0 aliphatic carbocycles. The van der Waals surface area contributed by atoms with E-state index in [0.29, 0.717) is 30.6 Å². The van der Waals surface area contributed by atoms with Crippen molar-refractivity contribution in [3.8, 4) is 5.69 Å². The van der Waals surface area contributed by atoms with Gasteiger partial charge in [0, 0.05) is 23.3 Å². The summed E-state index contributed by atoms with van der Waals surface area (Å²) in [4.78, 5) is 17.3. The summed E-state index contributed by atoms with van der Waals surface area (Å²) in [6, 6.07) is 15.7. The van der Waals surface area contributed by atoms with E-state index < -0.39 is 6.03 Å². The van der Waals surface area contributed by atoms with Gasteiger partial charge in [0.2, 0.25) is 0 Å². The SMILES string of the molecule is Cc1ccc(-n2nc(C(C)(C)C)cc2NC(=O)Nc2nc(CCOCc3ccc(F)cc3)cs2)cc1. The molecule has 0 saturated heterocycles. The number of carbonyl (C=O) groups is 1. The Bertz CT molecular complexity index is 1310. The Morgan fingerprint density at radius 3 is 2.50 bits per heavy atom. The van der Waals surface area contributed by atoms with Crippen LogP contribution in [-0.2, 0) is 23.2 Å². The van der Waals surface area contributed by atoms with Crippen LogP contribution in [0.3, 0.4) is 0 Å². The monoisotopic (exact) mass is 507 g/mol. The fourth-order valence-electron chi connectivity index (χ4n) is 3.39. The summed E-state index contributed by atoms with van der Waals surface area (Å²) >= 11 is 1.35. The van der Waals surface area contributed by atoms with Crippen LogP contribution in [0.5, 0.6) is 0 Å². The van der Waals surface area contributed by atoms with Gasteiger partial charge in [0.1, 0.15) is 11.6 Å². The summed E-state index contributed by atoms with van der Waals surface area (Å²) in [5.74, 6) is 0.312. The van der Waals surface area contributed by atoms with Crippen molar-refractivity contribution in [1.29, 1.82) is 0 Å². The molecular weight excluding hydrogens is 477 g/mol.